The standard InChI is InChI=1S/C21H21BrClN3OS/c1-2-13-5-8-18-15(9-13)10-19(28-18)21(27)24-20-17(22)12-26(25-20)11-14-3-6-16(23)7-4-14/h3-4,6-7,10,12-13H,2,5,8-9,11H2,1H3,(H,24,25,27)/t13-/m1/s1. The molecule has 0 aliphatic heterocycles. The molecule has 2 aromatic heterocycles. The first-order valence-corrected chi connectivity index (χ1v) is 11.4. The number of carbonyl (C=O) groups is 1. The van der Waals surface area contributed by atoms with Crippen LogP contribution < -0.4 is 5.32 Å². The molecule has 28 heavy (non-hydrogen) atoms. The van der Waals surface area contributed by atoms with E-state index in [2.05, 4.69) is 39.3 Å². The van der Waals surface area contributed by atoms with Gasteiger partial charge in [0.05, 0.1) is 15.9 Å². The highest BCUT2D eigenvalue weighted by Crippen LogP contribution is 2.34. The molecule has 0 unspecified atom stereocenters. The van der Waals surface area contributed by atoms with Crippen LogP contribution in [-0.4, -0.2) is 15.7 Å². The van der Waals surface area contributed by atoms with Crippen LogP contribution in [0, 0.1) is 5.92 Å². The normalized spacial score (nSPS) is 16.0. The highest BCUT2D eigenvalue weighted by molar-refractivity contribution is 9.10. The van der Waals surface area contributed by atoms with Gasteiger partial charge in [0, 0.05) is 16.1 Å². The van der Waals surface area contributed by atoms with Gasteiger partial charge in [0.2, 0.25) is 0 Å². The molecule has 1 N–H and O–H groups in total. The van der Waals surface area contributed by atoms with Gasteiger partial charge in [-0.1, -0.05) is 37.1 Å². The fourth-order valence-electron chi connectivity index (χ4n) is 3.57. The Morgan fingerprint density at radius 1 is 1.39 bits per heavy atom. The number of nitrogens with zero attached hydrogens (tertiary/aromatic N) is 2. The summed E-state index contributed by atoms with van der Waals surface area (Å²) in [6, 6.07) is 9.72. The predicted octanol–water partition coefficient (Wildman–Crippen LogP) is 6.18. The summed E-state index contributed by atoms with van der Waals surface area (Å²) in [6.07, 6.45) is 6.48. The van der Waals surface area contributed by atoms with Crippen LogP contribution in [0.15, 0.2) is 41.0 Å². The molecule has 1 aromatic carbocycles. The number of fused-ring (bicyclic) bond motifs is 1. The molecule has 0 saturated carbocycles. The highest BCUT2D eigenvalue weighted by atomic mass is 79.9. The van der Waals surface area contributed by atoms with E-state index in [0.29, 0.717) is 17.4 Å². The molecule has 4 rings (SSSR count). The van der Waals surface area contributed by atoms with E-state index >= 15 is 0 Å². The summed E-state index contributed by atoms with van der Waals surface area (Å²) in [7, 11) is 0. The highest BCUT2D eigenvalue weighted by Gasteiger charge is 2.22. The maximum Gasteiger partial charge on any atom is 0.266 e. The summed E-state index contributed by atoms with van der Waals surface area (Å²) in [5.41, 5.74) is 2.44. The van der Waals surface area contributed by atoms with Crippen LogP contribution in [0.25, 0.3) is 0 Å². The van der Waals surface area contributed by atoms with Crippen molar-refractivity contribution < 1.29 is 4.79 Å². The number of benzene rings is 1. The number of hydrogen-bond acceptors (Lipinski definition) is 3. The monoisotopic (exact) mass is 477 g/mol. The zero-order chi connectivity index (χ0) is 19.7. The second-order valence-electron chi connectivity index (χ2n) is 7.18. The van der Waals surface area contributed by atoms with Gasteiger partial charge in [-0.05, 0) is 70.4 Å². The minimum absolute atomic E-state index is 0.0927. The first-order chi connectivity index (χ1) is 13.5. The number of anilines is 1. The molecule has 4 nitrogen and oxygen atoms in total. The molecule has 3 aromatic rings. The number of thiophene rings is 1. The molecular formula is C21H21BrClN3OS. The van der Waals surface area contributed by atoms with E-state index in [1.165, 1.54) is 23.3 Å². The fourth-order valence-corrected chi connectivity index (χ4v) is 5.21. The van der Waals surface area contributed by atoms with Gasteiger partial charge >= 0.3 is 0 Å². The Morgan fingerprint density at radius 2 is 2.18 bits per heavy atom. The van der Waals surface area contributed by atoms with Gasteiger partial charge in [-0.25, -0.2) is 0 Å². The lowest BCUT2D eigenvalue weighted by atomic mass is 9.87. The molecule has 0 fully saturated rings. The van der Waals surface area contributed by atoms with Crippen molar-refractivity contribution in [2.24, 2.45) is 5.92 Å². The van der Waals surface area contributed by atoms with Crippen molar-refractivity contribution in [3.8, 4) is 0 Å². The number of hydrogen-bond donors (Lipinski definition) is 1. The third-order valence-corrected chi connectivity index (χ3v) is 7.26. The zero-order valence-corrected chi connectivity index (χ0v) is 18.7. The van der Waals surface area contributed by atoms with Crippen LogP contribution in [-0.2, 0) is 19.4 Å². The molecular weight excluding hydrogens is 458 g/mol. The van der Waals surface area contributed by atoms with Crippen molar-refractivity contribution >= 4 is 50.6 Å². The molecule has 0 bridgehead atoms. The van der Waals surface area contributed by atoms with Crippen LogP contribution in [0.2, 0.25) is 5.02 Å². The molecule has 1 amide bonds. The zero-order valence-electron chi connectivity index (χ0n) is 15.5. The van der Waals surface area contributed by atoms with Crippen LogP contribution >= 0.6 is 38.9 Å². The minimum Gasteiger partial charge on any atom is -0.303 e. The lowest BCUT2D eigenvalue weighted by Gasteiger charge is -2.19. The Kier molecular flexibility index (Phi) is 5.90. The number of aromatic nitrogens is 2. The number of halogens is 2. The number of aryl methyl sites for hydroxylation is 1. The molecule has 1 aliphatic rings. The minimum atomic E-state index is -0.0927. The SMILES string of the molecule is CC[C@@H]1CCc2sc(C(=O)Nc3nn(Cc4ccc(Cl)cc4)cc3Br)cc2C1. The lowest BCUT2D eigenvalue weighted by molar-refractivity contribution is 0.103. The third-order valence-electron chi connectivity index (χ3n) is 5.19. The first-order valence-electron chi connectivity index (χ1n) is 9.42. The van der Waals surface area contributed by atoms with Gasteiger partial charge in [0.1, 0.15) is 0 Å². The van der Waals surface area contributed by atoms with Crippen molar-refractivity contribution in [1.29, 1.82) is 0 Å². The summed E-state index contributed by atoms with van der Waals surface area (Å²) in [6.45, 7) is 2.85. The molecule has 0 saturated heterocycles. The van der Waals surface area contributed by atoms with E-state index < -0.39 is 0 Å². The van der Waals surface area contributed by atoms with E-state index in [1.54, 1.807) is 16.0 Å². The van der Waals surface area contributed by atoms with Crippen molar-refractivity contribution in [2.75, 3.05) is 5.32 Å². The van der Waals surface area contributed by atoms with Crippen LogP contribution in [0.3, 0.4) is 0 Å². The molecule has 7 heteroatoms. The molecule has 2 heterocycles. The van der Waals surface area contributed by atoms with Gasteiger partial charge in [0.25, 0.3) is 5.91 Å². The van der Waals surface area contributed by atoms with Crippen LogP contribution in [0.1, 0.15) is 45.4 Å². The summed E-state index contributed by atoms with van der Waals surface area (Å²) in [4.78, 5) is 14.9. The van der Waals surface area contributed by atoms with Gasteiger partial charge < -0.3 is 5.32 Å². The van der Waals surface area contributed by atoms with Crippen molar-refractivity contribution in [3.63, 3.8) is 0 Å². The van der Waals surface area contributed by atoms with Crippen molar-refractivity contribution in [3.05, 3.63) is 66.9 Å². The average molecular weight is 479 g/mol. The molecule has 1 atom stereocenters. The lowest BCUT2D eigenvalue weighted by Crippen LogP contribution is -2.12. The Hall–Kier alpha value is -1.63. The van der Waals surface area contributed by atoms with Crippen LogP contribution in [0.5, 0.6) is 0 Å². The van der Waals surface area contributed by atoms with Gasteiger partial charge in [-0.2, -0.15) is 5.10 Å². The van der Waals surface area contributed by atoms with Gasteiger partial charge in [0.15, 0.2) is 5.82 Å². The first kappa shape index (κ1) is 19.7. The topological polar surface area (TPSA) is 46.9 Å². The number of amides is 1. The summed E-state index contributed by atoms with van der Waals surface area (Å²) in [5, 5.41) is 8.17. The average Bonchev–Trinajstić information content (AvgIpc) is 3.26. The largest absolute Gasteiger partial charge is 0.303 e. The number of carbonyl (C=O) groups excluding carboxylic acids is 1. The Labute approximate surface area is 182 Å². The summed E-state index contributed by atoms with van der Waals surface area (Å²) >= 11 is 11.1. The van der Waals surface area contributed by atoms with Crippen molar-refractivity contribution in [1.82, 2.24) is 9.78 Å². The van der Waals surface area contributed by atoms with Gasteiger partial charge in [-0.3, -0.25) is 9.48 Å². The van der Waals surface area contributed by atoms with E-state index in [9.17, 15) is 4.79 Å². The third kappa shape index (κ3) is 4.34. The summed E-state index contributed by atoms with van der Waals surface area (Å²) < 4.78 is 2.57. The maximum atomic E-state index is 12.8. The molecule has 0 spiro atoms. The molecule has 1 aliphatic carbocycles. The quantitative estimate of drug-likeness (QED) is 0.476. The van der Waals surface area contributed by atoms with E-state index in [-0.39, 0.29) is 5.91 Å². The Morgan fingerprint density at radius 3 is 2.93 bits per heavy atom. The second-order valence-corrected chi connectivity index (χ2v) is 9.61. The van der Waals surface area contributed by atoms with Crippen LogP contribution in [0.4, 0.5) is 5.82 Å². The van der Waals surface area contributed by atoms with E-state index in [1.807, 2.05) is 30.5 Å². The maximum absolute atomic E-state index is 12.8. The Balaban J connectivity index is 1.46. The molecule has 0 radical (unpaired) electrons. The van der Waals surface area contributed by atoms with E-state index in [4.69, 9.17) is 11.6 Å². The number of nitrogens with one attached hydrogen (secondary N) is 1. The predicted molar refractivity (Wildman–Crippen MR) is 119 cm³/mol. The summed E-state index contributed by atoms with van der Waals surface area (Å²) in [5.74, 6) is 1.19. The van der Waals surface area contributed by atoms with E-state index in [0.717, 1.165) is 33.7 Å². The fraction of sp³-hybridized carbons (Fsp3) is 0.333. The second kappa shape index (κ2) is 8.39. The Bertz CT molecular complexity index is 996. The smallest absolute Gasteiger partial charge is 0.266 e. The number of rotatable bonds is 5. The van der Waals surface area contributed by atoms with Gasteiger partial charge in [-0.15, -0.1) is 11.3 Å². The molecule has 146 valence electrons. The van der Waals surface area contributed by atoms with Crippen molar-refractivity contribution in [2.45, 2.75) is 39.2 Å².